The lowest BCUT2D eigenvalue weighted by Crippen LogP contribution is -2.00. The lowest BCUT2D eigenvalue weighted by atomic mass is 10.1. The van der Waals surface area contributed by atoms with Gasteiger partial charge in [0, 0.05) is 0 Å². The molecule has 0 aliphatic carbocycles. The van der Waals surface area contributed by atoms with Crippen LogP contribution in [-0.4, -0.2) is 22.1 Å². The van der Waals surface area contributed by atoms with E-state index in [9.17, 15) is 4.39 Å². The first-order valence-electron chi connectivity index (χ1n) is 6.00. The maximum atomic E-state index is 12.9. The molecule has 7 heteroatoms. The average molecular weight is 290 g/mol. The van der Waals surface area contributed by atoms with Gasteiger partial charge in [-0.1, -0.05) is 35.5 Å². The highest BCUT2D eigenvalue weighted by molar-refractivity contribution is 5.98. The number of aromatic nitrogens is 2. The van der Waals surface area contributed by atoms with E-state index in [1.807, 2.05) is 37.3 Å². The number of nitrogens with two attached hydrogens (primary N) is 1. The number of carbonyl (C=O) groups excluding carboxylic acids is 1. The number of aryl methyl sites for hydroxylation is 1. The lowest BCUT2D eigenvalue weighted by molar-refractivity contribution is -0.106. The number of amides is 1. The first kappa shape index (κ1) is 16.2. The van der Waals surface area contributed by atoms with Gasteiger partial charge in [-0.05, 0) is 19.4 Å². The number of benzene rings is 1. The molecule has 1 heterocycles. The fraction of sp³-hybridized carbons (Fsp3) is 0.143. The van der Waals surface area contributed by atoms with Gasteiger partial charge in [0.2, 0.25) is 6.41 Å². The minimum atomic E-state index is -0.467. The Labute approximate surface area is 121 Å². The summed E-state index contributed by atoms with van der Waals surface area (Å²) in [5.74, 6) is -0.467. The van der Waals surface area contributed by atoms with Crippen molar-refractivity contribution in [1.82, 2.24) is 9.97 Å². The van der Waals surface area contributed by atoms with Gasteiger partial charge in [0.1, 0.15) is 0 Å². The summed E-state index contributed by atoms with van der Waals surface area (Å²) in [6.45, 7) is 3.35. The zero-order chi connectivity index (χ0) is 15.7. The molecule has 0 saturated carbocycles. The molecule has 0 aliphatic heterocycles. The van der Waals surface area contributed by atoms with E-state index in [-0.39, 0.29) is 18.1 Å². The van der Waals surface area contributed by atoms with Gasteiger partial charge < -0.3 is 10.6 Å². The van der Waals surface area contributed by atoms with E-state index < -0.39 is 5.82 Å². The van der Waals surface area contributed by atoms with Gasteiger partial charge in [-0.2, -0.15) is 9.97 Å². The fourth-order valence-electron chi connectivity index (χ4n) is 1.32. The largest absolute Gasteiger partial charge is 0.372 e. The minimum absolute atomic E-state index is 0.0316. The highest BCUT2D eigenvalue weighted by atomic mass is 19.1. The van der Waals surface area contributed by atoms with Gasteiger partial charge in [-0.15, -0.1) is 0 Å². The number of rotatable bonds is 3. The summed E-state index contributed by atoms with van der Waals surface area (Å²) in [5.41, 5.74) is 6.03. The molecule has 0 spiro atoms. The van der Waals surface area contributed by atoms with Gasteiger partial charge in [0.05, 0.1) is 17.6 Å². The van der Waals surface area contributed by atoms with Crippen molar-refractivity contribution in [2.75, 3.05) is 0 Å². The molecule has 1 amide bonds. The number of halogens is 1. The summed E-state index contributed by atoms with van der Waals surface area (Å²) in [5, 5.41) is 3.90. The Bertz CT molecular complexity index is 618. The molecule has 2 rings (SSSR count). The van der Waals surface area contributed by atoms with E-state index in [1.165, 1.54) is 6.92 Å². The maximum Gasteiger partial charge on any atom is 0.346 e. The van der Waals surface area contributed by atoms with Crippen LogP contribution >= 0.6 is 0 Å². The molecule has 0 bridgehead atoms. The molecule has 0 unspecified atom stereocenters. The number of oxime groups is 1. The second kappa shape index (κ2) is 8.36. The van der Waals surface area contributed by atoms with Crippen LogP contribution in [0.2, 0.25) is 0 Å². The van der Waals surface area contributed by atoms with Gasteiger partial charge in [-0.25, -0.2) is 4.39 Å². The zero-order valence-electron chi connectivity index (χ0n) is 11.7. The highest BCUT2D eigenvalue weighted by Crippen LogP contribution is 2.08. The van der Waals surface area contributed by atoms with E-state index in [0.717, 1.165) is 11.8 Å². The maximum absolute atomic E-state index is 12.9. The van der Waals surface area contributed by atoms with Gasteiger partial charge in [0.25, 0.3) is 0 Å². The van der Waals surface area contributed by atoms with Gasteiger partial charge in [-0.3, -0.25) is 4.79 Å². The predicted octanol–water partition coefficient (Wildman–Crippen LogP) is 1.83. The third kappa shape index (κ3) is 5.35. The van der Waals surface area contributed by atoms with E-state index >= 15 is 0 Å². The molecule has 0 fully saturated rings. The molecule has 1 aromatic carbocycles. The molecule has 1 aromatic heterocycles. The van der Waals surface area contributed by atoms with E-state index in [2.05, 4.69) is 20.9 Å². The van der Waals surface area contributed by atoms with Crippen LogP contribution in [0.4, 0.5) is 4.39 Å². The van der Waals surface area contributed by atoms with Crippen LogP contribution in [0.25, 0.3) is 0 Å². The molecular formula is C14H15FN4O2. The summed E-state index contributed by atoms with van der Waals surface area (Å²) in [6.07, 6.45) is 1.31. The molecule has 2 aromatic rings. The van der Waals surface area contributed by atoms with Crippen molar-refractivity contribution in [3.63, 3.8) is 0 Å². The molecule has 110 valence electrons. The molecule has 0 aliphatic rings. The lowest BCUT2D eigenvalue weighted by Gasteiger charge is -2.01. The number of carbonyl (C=O) groups is 1. The fourth-order valence-corrected chi connectivity index (χ4v) is 1.32. The van der Waals surface area contributed by atoms with Crippen molar-refractivity contribution >= 4 is 12.1 Å². The van der Waals surface area contributed by atoms with Crippen LogP contribution in [0.15, 0.2) is 41.7 Å². The second-order valence-electron chi connectivity index (χ2n) is 3.86. The topological polar surface area (TPSA) is 90.5 Å². The number of primary amides is 1. The smallest absolute Gasteiger partial charge is 0.346 e. The molecule has 0 radical (unpaired) electrons. The Morgan fingerprint density at radius 3 is 2.57 bits per heavy atom. The normalized spacial score (nSPS) is 10.3. The summed E-state index contributed by atoms with van der Waals surface area (Å²) < 4.78 is 12.9. The SMILES string of the molecule is C/C(=N\Oc1ncc(F)c(C)n1)c1ccccc1.NC=O. The van der Waals surface area contributed by atoms with E-state index in [4.69, 9.17) is 9.63 Å². The van der Waals surface area contributed by atoms with Crippen LogP contribution in [-0.2, 0) is 4.79 Å². The number of hydrogen-bond acceptors (Lipinski definition) is 5. The van der Waals surface area contributed by atoms with Crippen LogP contribution in [0.5, 0.6) is 6.01 Å². The molecular weight excluding hydrogens is 275 g/mol. The third-order valence-corrected chi connectivity index (χ3v) is 2.35. The molecule has 6 nitrogen and oxygen atoms in total. The van der Waals surface area contributed by atoms with Crippen molar-refractivity contribution < 1.29 is 14.0 Å². The molecule has 21 heavy (non-hydrogen) atoms. The van der Waals surface area contributed by atoms with Crippen molar-refractivity contribution in [3.05, 3.63) is 53.6 Å². The number of hydrogen-bond donors (Lipinski definition) is 1. The average Bonchev–Trinajstić information content (AvgIpc) is 2.50. The van der Waals surface area contributed by atoms with E-state index in [0.29, 0.717) is 5.71 Å². The highest BCUT2D eigenvalue weighted by Gasteiger charge is 2.03. The monoisotopic (exact) mass is 290 g/mol. The van der Waals surface area contributed by atoms with Crippen LogP contribution < -0.4 is 10.6 Å². The molecule has 0 saturated heterocycles. The Hall–Kier alpha value is -2.83. The summed E-state index contributed by atoms with van der Waals surface area (Å²) in [4.78, 5) is 21.2. The first-order chi connectivity index (χ1) is 10.1. The van der Waals surface area contributed by atoms with E-state index in [1.54, 1.807) is 0 Å². The summed E-state index contributed by atoms with van der Waals surface area (Å²) in [6, 6.07) is 9.60. The van der Waals surface area contributed by atoms with Crippen LogP contribution in [0.3, 0.4) is 0 Å². The Balaban J connectivity index is 0.000000677. The van der Waals surface area contributed by atoms with Crippen molar-refractivity contribution in [2.24, 2.45) is 10.9 Å². The predicted molar refractivity (Wildman–Crippen MR) is 76.3 cm³/mol. The Morgan fingerprint density at radius 1 is 1.38 bits per heavy atom. The van der Waals surface area contributed by atoms with Crippen molar-refractivity contribution in [1.29, 1.82) is 0 Å². The standard InChI is InChI=1S/C13H12FN3O.CH3NO/c1-9(11-6-4-3-5-7-11)17-18-13-15-8-12(14)10(2)16-13;2-1-3/h3-8H,1-2H3;1H,(H2,2,3)/b17-9+;. The van der Waals surface area contributed by atoms with Crippen LogP contribution in [0, 0.1) is 12.7 Å². The van der Waals surface area contributed by atoms with Crippen molar-refractivity contribution in [3.8, 4) is 6.01 Å². The Kier molecular flexibility index (Phi) is 6.46. The minimum Gasteiger partial charge on any atom is -0.372 e. The third-order valence-electron chi connectivity index (χ3n) is 2.35. The summed E-state index contributed by atoms with van der Waals surface area (Å²) >= 11 is 0. The number of nitrogens with zero attached hydrogens (tertiary/aromatic N) is 3. The Morgan fingerprint density at radius 2 is 2.00 bits per heavy atom. The first-order valence-corrected chi connectivity index (χ1v) is 6.00. The van der Waals surface area contributed by atoms with Gasteiger partial charge >= 0.3 is 6.01 Å². The zero-order valence-corrected chi connectivity index (χ0v) is 11.7. The molecule has 2 N–H and O–H groups in total. The van der Waals surface area contributed by atoms with Crippen molar-refractivity contribution in [2.45, 2.75) is 13.8 Å². The quantitative estimate of drug-likeness (QED) is 0.530. The van der Waals surface area contributed by atoms with Gasteiger partial charge in [0.15, 0.2) is 5.82 Å². The summed E-state index contributed by atoms with van der Waals surface area (Å²) in [7, 11) is 0. The molecule has 0 atom stereocenters. The second-order valence-corrected chi connectivity index (χ2v) is 3.86. The van der Waals surface area contributed by atoms with Crippen LogP contribution in [0.1, 0.15) is 18.2 Å².